The number of rotatable bonds is 5. The second kappa shape index (κ2) is 8.68. The first-order valence-electron chi connectivity index (χ1n) is 9.53. The van der Waals surface area contributed by atoms with E-state index in [1.807, 2.05) is 26.0 Å². The SMILES string of the molecule is Cc1ccc(C)c(S(=O)(=O)N2CCN(C(=O)CCN3CCOCC3)CC2)c1. The minimum atomic E-state index is -3.52. The van der Waals surface area contributed by atoms with Crippen molar-refractivity contribution in [2.24, 2.45) is 0 Å². The minimum Gasteiger partial charge on any atom is -0.379 e. The molecule has 150 valence electrons. The van der Waals surface area contributed by atoms with Crippen LogP contribution < -0.4 is 0 Å². The minimum absolute atomic E-state index is 0.102. The Morgan fingerprint density at radius 2 is 1.70 bits per heavy atom. The van der Waals surface area contributed by atoms with Gasteiger partial charge in [0.15, 0.2) is 0 Å². The van der Waals surface area contributed by atoms with Gasteiger partial charge in [-0.2, -0.15) is 4.31 Å². The molecular formula is C19H29N3O4S. The van der Waals surface area contributed by atoms with Crippen LogP contribution in [0.25, 0.3) is 0 Å². The standard InChI is InChI=1S/C19H29N3O4S/c1-16-3-4-17(2)18(15-16)27(24,25)22-9-7-21(8-10-22)19(23)5-6-20-11-13-26-14-12-20/h3-4,15H,5-14H2,1-2H3. The van der Waals surface area contributed by atoms with Crippen molar-refractivity contribution >= 4 is 15.9 Å². The molecule has 2 aliphatic heterocycles. The highest BCUT2D eigenvalue weighted by Gasteiger charge is 2.31. The molecule has 7 nitrogen and oxygen atoms in total. The van der Waals surface area contributed by atoms with Crippen LogP contribution in [-0.4, -0.2) is 87.5 Å². The lowest BCUT2D eigenvalue weighted by Gasteiger charge is -2.35. The molecule has 2 fully saturated rings. The number of ether oxygens (including phenoxy) is 1. The van der Waals surface area contributed by atoms with Crippen molar-refractivity contribution in [1.82, 2.24) is 14.1 Å². The van der Waals surface area contributed by atoms with Gasteiger partial charge in [0.05, 0.1) is 18.1 Å². The van der Waals surface area contributed by atoms with Gasteiger partial charge in [0, 0.05) is 52.2 Å². The molecule has 0 unspecified atom stereocenters. The highest BCUT2D eigenvalue weighted by Crippen LogP contribution is 2.22. The molecule has 2 heterocycles. The Morgan fingerprint density at radius 1 is 1.04 bits per heavy atom. The zero-order valence-electron chi connectivity index (χ0n) is 16.2. The summed E-state index contributed by atoms with van der Waals surface area (Å²) in [4.78, 5) is 16.9. The highest BCUT2D eigenvalue weighted by atomic mass is 32.2. The van der Waals surface area contributed by atoms with E-state index in [0.29, 0.717) is 37.5 Å². The average Bonchev–Trinajstić information content (AvgIpc) is 2.68. The first kappa shape index (κ1) is 20.3. The van der Waals surface area contributed by atoms with Gasteiger partial charge in [0.1, 0.15) is 0 Å². The third-order valence-corrected chi connectivity index (χ3v) is 7.34. The second-order valence-electron chi connectivity index (χ2n) is 7.26. The largest absolute Gasteiger partial charge is 0.379 e. The summed E-state index contributed by atoms with van der Waals surface area (Å²) < 4.78 is 32.8. The predicted octanol–water partition coefficient (Wildman–Crippen LogP) is 0.859. The van der Waals surface area contributed by atoms with Crippen molar-refractivity contribution in [3.05, 3.63) is 29.3 Å². The number of aryl methyl sites for hydroxylation is 2. The number of nitrogens with zero attached hydrogens (tertiary/aromatic N) is 3. The van der Waals surface area contributed by atoms with E-state index in [1.54, 1.807) is 11.0 Å². The lowest BCUT2D eigenvalue weighted by Crippen LogP contribution is -2.51. The molecule has 0 bridgehead atoms. The Morgan fingerprint density at radius 3 is 2.37 bits per heavy atom. The van der Waals surface area contributed by atoms with Gasteiger partial charge >= 0.3 is 0 Å². The number of piperazine rings is 1. The number of amides is 1. The van der Waals surface area contributed by atoms with E-state index in [-0.39, 0.29) is 5.91 Å². The van der Waals surface area contributed by atoms with Crippen LogP contribution in [0.4, 0.5) is 0 Å². The van der Waals surface area contributed by atoms with Crippen LogP contribution in [0.15, 0.2) is 23.1 Å². The molecule has 1 aromatic rings. The smallest absolute Gasteiger partial charge is 0.243 e. The van der Waals surface area contributed by atoms with Crippen LogP contribution in [0.1, 0.15) is 17.5 Å². The molecule has 0 radical (unpaired) electrons. The van der Waals surface area contributed by atoms with Gasteiger partial charge in [0.2, 0.25) is 15.9 Å². The fourth-order valence-corrected chi connectivity index (χ4v) is 5.27. The lowest BCUT2D eigenvalue weighted by atomic mass is 10.2. The summed E-state index contributed by atoms with van der Waals surface area (Å²) >= 11 is 0. The molecule has 0 aromatic heterocycles. The van der Waals surface area contributed by atoms with Gasteiger partial charge in [0.25, 0.3) is 0 Å². The Balaban J connectivity index is 1.54. The van der Waals surface area contributed by atoms with Crippen molar-refractivity contribution in [1.29, 1.82) is 0 Å². The van der Waals surface area contributed by atoms with Crippen molar-refractivity contribution < 1.29 is 17.9 Å². The van der Waals surface area contributed by atoms with Crippen LogP contribution >= 0.6 is 0 Å². The molecule has 0 aliphatic carbocycles. The van der Waals surface area contributed by atoms with Crippen LogP contribution in [0.3, 0.4) is 0 Å². The molecule has 0 N–H and O–H groups in total. The van der Waals surface area contributed by atoms with Crippen molar-refractivity contribution in [3.8, 4) is 0 Å². The van der Waals surface area contributed by atoms with Crippen LogP contribution in [0, 0.1) is 13.8 Å². The van der Waals surface area contributed by atoms with E-state index in [9.17, 15) is 13.2 Å². The fraction of sp³-hybridized carbons (Fsp3) is 0.632. The molecule has 1 amide bonds. The molecule has 2 aliphatic rings. The first-order valence-corrected chi connectivity index (χ1v) is 11.0. The summed E-state index contributed by atoms with van der Waals surface area (Å²) in [5.74, 6) is 0.102. The number of hydrogen-bond donors (Lipinski definition) is 0. The van der Waals surface area contributed by atoms with E-state index < -0.39 is 10.0 Å². The van der Waals surface area contributed by atoms with Gasteiger partial charge in [-0.05, 0) is 31.0 Å². The van der Waals surface area contributed by atoms with Gasteiger partial charge in [-0.15, -0.1) is 0 Å². The van der Waals surface area contributed by atoms with E-state index in [2.05, 4.69) is 4.90 Å². The average molecular weight is 396 g/mol. The van der Waals surface area contributed by atoms with Crippen molar-refractivity contribution in [3.63, 3.8) is 0 Å². The molecule has 8 heteroatoms. The normalized spacial score (nSPS) is 20.0. The molecule has 3 rings (SSSR count). The summed E-state index contributed by atoms with van der Waals surface area (Å²) in [6.07, 6.45) is 0.476. The van der Waals surface area contributed by atoms with E-state index in [1.165, 1.54) is 4.31 Å². The predicted molar refractivity (Wildman–Crippen MR) is 103 cm³/mol. The summed E-state index contributed by atoms with van der Waals surface area (Å²) in [5.41, 5.74) is 1.68. The zero-order valence-corrected chi connectivity index (χ0v) is 17.0. The summed E-state index contributed by atoms with van der Waals surface area (Å²) in [6, 6.07) is 5.48. The van der Waals surface area contributed by atoms with Gasteiger partial charge in [-0.1, -0.05) is 12.1 Å². The fourth-order valence-electron chi connectivity index (χ4n) is 3.54. The molecule has 0 spiro atoms. The second-order valence-corrected chi connectivity index (χ2v) is 9.16. The topological polar surface area (TPSA) is 70.2 Å². The maximum absolute atomic E-state index is 13.0. The van der Waals surface area contributed by atoms with E-state index >= 15 is 0 Å². The van der Waals surface area contributed by atoms with E-state index in [0.717, 1.165) is 44.0 Å². The summed E-state index contributed by atoms with van der Waals surface area (Å²) in [6.45, 7) is 9.23. The maximum Gasteiger partial charge on any atom is 0.243 e. The molecule has 27 heavy (non-hydrogen) atoms. The first-order chi connectivity index (χ1) is 12.9. The van der Waals surface area contributed by atoms with Gasteiger partial charge < -0.3 is 9.64 Å². The maximum atomic E-state index is 13.0. The quantitative estimate of drug-likeness (QED) is 0.740. The Bertz CT molecular complexity index is 767. The summed E-state index contributed by atoms with van der Waals surface area (Å²) in [5, 5.41) is 0. The Kier molecular flexibility index (Phi) is 6.52. The van der Waals surface area contributed by atoms with Crippen molar-refractivity contribution in [2.45, 2.75) is 25.2 Å². The van der Waals surface area contributed by atoms with Crippen molar-refractivity contribution in [2.75, 3.05) is 59.0 Å². The highest BCUT2D eigenvalue weighted by molar-refractivity contribution is 7.89. The third-order valence-electron chi connectivity index (χ3n) is 5.30. The van der Waals surface area contributed by atoms with Crippen LogP contribution in [0.2, 0.25) is 0 Å². The van der Waals surface area contributed by atoms with Crippen LogP contribution in [0.5, 0.6) is 0 Å². The molecule has 2 saturated heterocycles. The molecule has 0 atom stereocenters. The molecular weight excluding hydrogens is 366 g/mol. The monoisotopic (exact) mass is 395 g/mol. The Labute approximate surface area is 161 Å². The number of carbonyl (C=O) groups excluding carboxylic acids is 1. The number of carbonyl (C=O) groups is 1. The Hall–Kier alpha value is -1.48. The zero-order chi connectivity index (χ0) is 19.4. The number of hydrogen-bond acceptors (Lipinski definition) is 5. The molecule has 0 saturated carbocycles. The van der Waals surface area contributed by atoms with Gasteiger partial charge in [-0.25, -0.2) is 8.42 Å². The van der Waals surface area contributed by atoms with E-state index in [4.69, 9.17) is 4.74 Å². The van der Waals surface area contributed by atoms with Gasteiger partial charge in [-0.3, -0.25) is 9.69 Å². The third kappa shape index (κ3) is 4.87. The number of morpholine rings is 1. The molecule has 1 aromatic carbocycles. The van der Waals surface area contributed by atoms with Crippen LogP contribution in [-0.2, 0) is 19.6 Å². The number of benzene rings is 1. The summed E-state index contributed by atoms with van der Waals surface area (Å²) in [7, 11) is -3.52. The lowest BCUT2D eigenvalue weighted by molar-refractivity contribution is -0.133. The number of sulfonamides is 1.